The number of carbonyl (C=O) groups is 8. The molecular weight excluding hydrogens is 1390 g/mol. The number of hydrogen-bond acceptors (Lipinski definition) is 14. The van der Waals surface area contributed by atoms with Crippen molar-refractivity contribution in [2.45, 2.75) is 26.4 Å². The van der Waals surface area contributed by atoms with Crippen molar-refractivity contribution >= 4 is 94.1 Å². The molecule has 11 aromatic rings. The molecule has 0 fully saturated rings. The molecule has 13 rings (SSSR count). The molecule has 0 spiro atoms. The van der Waals surface area contributed by atoms with E-state index in [4.69, 9.17) is 28.9 Å². The number of aromatic amines is 2. The van der Waals surface area contributed by atoms with Crippen molar-refractivity contribution in [2.24, 2.45) is 0 Å². The van der Waals surface area contributed by atoms with Crippen LogP contribution in [0.5, 0.6) is 23.0 Å². The Morgan fingerprint density at radius 2 is 0.429 bits per heavy atom. The number of fused-ring (bicyclic) bond motifs is 8. The minimum Gasteiger partial charge on any atom is -0.489 e. The molecule has 0 atom stereocenters. The smallest absolute Gasteiger partial charge is 0.489 e. The Morgan fingerprint density at radius 1 is 0.257 bits per heavy atom. The van der Waals surface area contributed by atoms with Crippen molar-refractivity contribution in [1.82, 2.24) is 19.9 Å². The quantitative estimate of drug-likeness (QED) is 0.0251. The summed E-state index contributed by atoms with van der Waals surface area (Å²) < 4.78 is 24.5. The standard InChI is InChI=1S/C80H54N4O20.Fe/c85-73(86)49-25-41(26-50(33-49)74(87)88)37-101-57-9-1-45(2-10-57)69-61-17-19-63(81-61)70(46-3-11-58(12-4-46)102-38-42-27-51(75(89)90)34-52(28-42)76(91)92)65-21-23-67(83-65)72(48-7-15-60(16-8-48)104-40-44-31-55(79(97)98)36-56(32-44)80(99)100)68-24-22-66(84-68)71(64-20-18-62(69)82-64)47-5-13-59(14-6-47)103-39-43-29-53(77(93)94)35-54(30-43)78(95)96;/h1-36,81,84H,37-40H2,(H,85,86)(H,87,88)(H,89,90)(H,91,92)(H,93,94)(H,95,96)(H,97,98)(H,99,100);/q;+2. The molecule has 0 radical (unpaired) electrons. The van der Waals surface area contributed by atoms with Crippen molar-refractivity contribution in [3.63, 3.8) is 0 Å². The number of carboxylic acids is 8. The van der Waals surface area contributed by atoms with E-state index in [1.165, 1.54) is 48.5 Å². The van der Waals surface area contributed by atoms with Crippen LogP contribution in [0, 0.1) is 0 Å². The van der Waals surface area contributed by atoms with E-state index in [0.29, 0.717) is 135 Å². The third kappa shape index (κ3) is 15.7. The number of hydrogen-bond donors (Lipinski definition) is 10. The van der Waals surface area contributed by atoms with E-state index in [2.05, 4.69) is 9.97 Å². The van der Waals surface area contributed by atoms with E-state index in [9.17, 15) is 79.2 Å². The number of carboxylic acid groups (broad SMARTS) is 8. The fourth-order valence-electron chi connectivity index (χ4n) is 12.0. The number of aromatic nitrogens is 4. The summed E-state index contributed by atoms with van der Waals surface area (Å²) in [5.74, 6) is -8.99. The van der Waals surface area contributed by atoms with Gasteiger partial charge in [-0.3, -0.25) is 0 Å². The van der Waals surface area contributed by atoms with Crippen LogP contribution in [0.15, 0.2) is 194 Å². The zero-order valence-electron chi connectivity index (χ0n) is 54.3. The number of ether oxygens (including phenoxy) is 4. The maximum atomic E-state index is 12.0. The first-order chi connectivity index (χ1) is 50.0. The van der Waals surface area contributed by atoms with Crippen molar-refractivity contribution < 1.29 is 115 Å². The third-order valence-electron chi connectivity index (χ3n) is 16.9. The maximum Gasteiger partial charge on any atom is 2.00 e. The van der Waals surface area contributed by atoms with Gasteiger partial charge in [0.25, 0.3) is 0 Å². The van der Waals surface area contributed by atoms with Gasteiger partial charge in [-0.1, -0.05) is 48.5 Å². The Hall–Kier alpha value is -14.2. The molecule has 8 bridgehead atoms. The summed E-state index contributed by atoms with van der Waals surface area (Å²) in [6.45, 7) is -0.677. The van der Waals surface area contributed by atoms with Crippen molar-refractivity contribution in [2.75, 3.05) is 0 Å². The molecule has 2 aliphatic heterocycles. The molecule has 8 aromatic carbocycles. The Kier molecular flexibility index (Phi) is 20.2. The van der Waals surface area contributed by atoms with Gasteiger partial charge in [0.15, 0.2) is 0 Å². The van der Waals surface area contributed by atoms with Crippen LogP contribution in [0.25, 0.3) is 90.9 Å². The molecule has 3 aromatic heterocycles. The van der Waals surface area contributed by atoms with E-state index in [1.54, 1.807) is 48.5 Å². The van der Waals surface area contributed by atoms with Gasteiger partial charge in [0, 0.05) is 44.3 Å². The van der Waals surface area contributed by atoms with Crippen LogP contribution in [0.1, 0.15) is 128 Å². The first kappa shape index (κ1) is 70.7. The van der Waals surface area contributed by atoms with Gasteiger partial charge in [-0.05, 0) is 214 Å². The largest absolute Gasteiger partial charge is 2.00 e. The van der Waals surface area contributed by atoms with Gasteiger partial charge in [-0.25, -0.2) is 48.3 Å². The van der Waals surface area contributed by atoms with Crippen LogP contribution in [0.3, 0.4) is 0 Å². The van der Waals surface area contributed by atoms with Crippen LogP contribution >= 0.6 is 0 Å². The molecule has 0 saturated heterocycles. The summed E-state index contributed by atoms with van der Waals surface area (Å²) in [5, 5.41) is 77.9. The average molecular weight is 1450 g/mol. The van der Waals surface area contributed by atoms with E-state index < -0.39 is 47.8 Å². The molecule has 24 nitrogen and oxygen atoms in total. The van der Waals surface area contributed by atoms with Gasteiger partial charge in [0.2, 0.25) is 0 Å². The summed E-state index contributed by atoms with van der Waals surface area (Å²) in [7, 11) is 0. The van der Waals surface area contributed by atoms with Crippen LogP contribution < -0.4 is 18.9 Å². The molecule has 10 N–H and O–H groups in total. The van der Waals surface area contributed by atoms with Crippen molar-refractivity contribution in [1.29, 1.82) is 0 Å². The van der Waals surface area contributed by atoms with Gasteiger partial charge in [-0.15, -0.1) is 0 Å². The van der Waals surface area contributed by atoms with Gasteiger partial charge in [-0.2, -0.15) is 0 Å². The number of nitrogens with zero attached hydrogens (tertiary/aromatic N) is 2. The Labute approximate surface area is 603 Å². The molecule has 520 valence electrons. The van der Waals surface area contributed by atoms with Gasteiger partial charge in [0.05, 0.1) is 67.3 Å². The Bertz CT molecular complexity index is 4830. The van der Waals surface area contributed by atoms with Crippen LogP contribution in [-0.4, -0.2) is 109 Å². The maximum absolute atomic E-state index is 12.0. The predicted octanol–water partition coefficient (Wildman–Crippen LogP) is 15.2. The third-order valence-corrected chi connectivity index (χ3v) is 16.9. The normalized spacial score (nSPS) is 11.3. The minimum atomic E-state index is -1.31. The molecule has 0 saturated carbocycles. The summed E-state index contributed by atoms with van der Waals surface area (Å²) in [5.41, 5.74) is 8.93. The van der Waals surface area contributed by atoms with E-state index in [-0.39, 0.29) is 88.0 Å². The second-order valence-electron chi connectivity index (χ2n) is 23.9. The summed E-state index contributed by atoms with van der Waals surface area (Å²) >= 11 is 0. The molecule has 5 heterocycles. The summed E-state index contributed by atoms with van der Waals surface area (Å²) in [4.78, 5) is 114. The number of benzene rings is 8. The first-order valence-corrected chi connectivity index (χ1v) is 31.6. The minimum absolute atomic E-state index is 0. The Morgan fingerprint density at radius 3 is 0.590 bits per heavy atom. The van der Waals surface area contributed by atoms with Gasteiger partial charge >= 0.3 is 64.8 Å². The van der Waals surface area contributed by atoms with Crippen LogP contribution in [0.4, 0.5) is 0 Å². The SMILES string of the molecule is O=C(O)c1cc(COc2ccc(-c3c4nc(c(-c5ccc(OCc6cc(C(=O)O)cc(C(=O)O)c6)cc5)c5ccc([nH]5)c(-c5ccc(OCc6cc(C(=O)O)cc(C(=O)O)c6)cc5)c5nc(c(-c6ccc(OCc7cc(C(=O)O)cc(C(=O)O)c7)cc6)c6ccc3[nH]6)C=C5)C=C4)cc2)cc(C(=O)O)c1.[Fe+2]. The van der Waals surface area contributed by atoms with Crippen LogP contribution in [0.2, 0.25) is 0 Å². The van der Waals surface area contributed by atoms with Crippen molar-refractivity contribution in [3.8, 4) is 67.5 Å². The Balaban J connectivity index is 0.0000104. The second-order valence-corrected chi connectivity index (χ2v) is 23.9. The zero-order chi connectivity index (χ0) is 73.0. The zero-order valence-corrected chi connectivity index (χ0v) is 55.4. The number of rotatable bonds is 24. The fraction of sp³-hybridized carbons (Fsp3) is 0.0500. The molecule has 25 heteroatoms. The first-order valence-electron chi connectivity index (χ1n) is 31.6. The number of aromatic carboxylic acids is 8. The molecule has 0 aliphatic carbocycles. The van der Waals surface area contributed by atoms with Crippen molar-refractivity contribution in [3.05, 3.63) is 284 Å². The van der Waals surface area contributed by atoms with Gasteiger partial charge < -0.3 is 69.8 Å². The van der Waals surface area contributed by atoms with Gasteiger partial charge in [0.1, 0.15) is 49.4 Å². The number of nitrogens with one attached hydrogen (secondary N) is 2. The fourth-order valence-corrected chi connectivity index (χ4v) is 12.0. The molecule has 105 heavy (non-hydrogen) atoms. The van der Waals surface area contributed by atoms with Crippen LogP contribution in [-0.2, 0) is 43.5 Å². The van der Waals surface area contributed by atoms with E-state index in [0.717, 1.165) is 24.3 Å². The summed E-state index contributed by atoms with van der Waals surface area (Å²) in [6.07, 6.45) is 7.46. The van der Waals surface area contributed by atoms with E-state index >= 15 is 0 Å². The predicted molar refractivity (Wildman–Crippen MR) is 379 cm³/mol. The topological polar surface area (TPSA) is 393 Å². The molecule has 0 unspecified atom stereocenters. The average Bonchev–Trinajstić information content (AvgIpc) is 1.62. The molecule has 0 amide bonds. The monoisotopic (exact) mass is 1450 g/mol. The molecule has 2 aliphatic rings. The number of H-pyrrole nitrogens is 2. The summed E-state index contributed by atoms with van der Waals surface area (Å²) in [6, 6.07) is 50.8. The van der Waals surface area contributed by atoms with E-state index in [1.807, 2.05) is 97.1 Å². The molecular formula is C80H54FeN4O20+2. The second kappa shape index (κ2) is 30.0.